The molecule has 0 unspecified atom stereocenters. The molecule has 0 aliphatic carbocycles. The summed E-state index contributed by atoms with van der Waals surface area (Å²) >= 11 is 0. The summed E-state index contributed by atoms with van der Waals surface area (Å²) in [5.74, 6) is 0. The van der Waals surface area contributed by atoms with Crippen molar-refractivity contribution in [1.82, 2.24) is 0 Å². The summed E-state index contributed by atoms with van der Waals surface area (Å²) in [6.45, 7) is 0. The second kappa shape index (κ2) is 10.8. The molecule has 2 nitrogen and oxygen atoms in total. The molecule has 0 atom stereocenters. The van der Waals surface area contributed by atoms with Crippen LogP contribution in [0.5, 0.6) is 0 Å². The Bertz CT molecular complexity index is 2510. The average molecular weight is 588 g/mol. The highest BCUT2D eigenvalue weighted by molar-refractivity contribution is 6.13. The van der Waals surface area contributed by atoms with Gasteiger partial charge in [-0.3, -0.25) is 0 Å². The molecule has 0 bridgehead atoms. The summed E-state index contributed by atoms with van der Waals surface area (Å²) in [6, 6.07) is 62.7. The third kappa shape index (κ3) is 4.35. The van der Waals surface area contributed by atoms with Gasteiger partial charge in [0.25, 0.3) is 0 Å². The maximum atomic E-state index is 6.37. The van der Waals surface area contributed by atoms with Crippen LogP contribution in [0.25, 0.3) is 65.7 Å². The third-order valence-electron chi connectivity index (χ3n) is 9.08. The predicted molar refractivity (Wildman–Crippen MR) is 194 cm³/mol. The van der Waals surface area contributed by atoms with E-state index in [1.807, 2.05) is 12.1 Å². The molecule has 0 fully saturated rings. The van der Waals surface area contributed by atoms with Crippen LogP contribution in [-0.2, 0) is 0 Å². The lowest BCUT2D eigenvalue weighted by Crippen LogP contribution is -2.10. The summed E-state index contributed by atoms with van der Waals surface area (Å²) in [5.41, 5.74) is 9.79. The molecule has 0 spiro atoms. The Labute approximate surface area is 267 Å². The van der Waals surface area contributed by atoms with Crippen LogP contribution in [0.4, 0.5) is 17.1 Å². The fourth-order valence-electron chi connectivity index (χ4n) is 6.84. The molecule has 0 saturated carbocycles. The maximum absolute atomic E-state index is 6.37. The highest BCUT2D eigenvalue weighted by Gasteiger charge is 2.18. The molecule has 0 radical (unpaired) electrons. The molecule has 0 N–H and O–H groups in total. The number of benzene rings is 8. The third-order valence-corrected chi connectivity index (χ3v) is 9.08. The van der Waals surface area contributed by atoms with E-state index in [1.54, 1.807) is 0 Å². The van der Waals surface area contributed by atoms with E-state index in [4.69, 9.17) is 4.42 Å². The van der Waals surface area contributed by atoms with Crippen LogP contribution in [0, 0.1) is 0 Å². The minimum Gasteiger partial charge on any atom is -0.455 e. The molecule has 0 aliphatic rings. The molecular formula is C44H29NO. The van der Waals surface area contributed by atoms with E-state index in [0.29, 0.717) is 0 Å². The minimum absolute atomic E-state index is 0.912. The van der Waals surface area contributed by atoms with Crippen LogP contribution in [0.1, 0.15) is 0 Å². The van der Waals surface area contributed by atoms with Gasteiger partial charge in [0, 0.05) is 33.1 Å². The zero-order chi connectivity index (χ0) is 30.5. The van der Waals surface area contributed by atoms with Gasteiger partial charge in [-0.15, -0.1) is 0 Å². The second-order valence-corrected chi connectivity index (χ2v) is 11.7. The predicted octanol–water partition coefficient (Wildman–Crippen LogP) is 12.7. The van der Waals surface area contributed by atoms with Crippen LogP contribution in [0.15, 0.2) is 180 Å². The van der Waals surface area contributed by atoms with Crippen LogP contribution in [0.2, 0.25) is 0 Å². The fraction of sp³-hybridized carbons (Fsp3) is 0. The van der Waals surface area contributed by atoms with Crippen LogP contribution in [0.3, 0.4) is 0 Å². The van der Waals surface area contributed by atoms with Crippen LogP contribution >= 0.6 is 0 Å². The fourth-order valence-corrected chi connectivity index (χ4v) is 6.84. The first kappa shape index (κ1) is 26.3. The molecule has 1 heterocycles. The molecule has 9 rings (SSSR count). The van der Waals surface area contributed by atoms with Gasteiger partial charge in [0.1, 0.15) is 11.2 Å². The van der Waals surface area contributed by atoms with Crippen molar-refractivity contribution in [3.05, 3.63) is 176 Å². The van der Waals surface area contributed by atoms with Gasteiger partial charge < -0.3 is 9.32 Å². The SMILES string of the molecule is c1ccc(-c2ccc(N(c3ccc(-c4cccc5c4oc4ccccc45)cc3)c3cccc4c3ccc3ccccc34)cc2)cc1. The minimum atomic E-state index is 0.912. The number of fused-ring (bicyclic) bond motifs is 6. The van der Waals surface area contributed by atoms with Crippen molar-refractivity contribution in [2.45, 2.75) is 0 Å². The van der Waals surface area contributed by atoms with Gasteiger partial charge >= 0.3 is 0 Å². The molecular weight excluding hydrogens is 558 g/mol. The van der Waals surface area contributed by atoms with Gasteiger partial charge in [-0.25, -0.2) is 0 Å². The summed E-state index contributed by atoms with van der Waals surface area (Å²) < 4.78 is 6.37. The lowest BCUT2D eigenvalue weighted by Gasteiger charge is -2.27. The maximum Gasteiger partial charge on any atom is 0.143 e. The highest BCUT2D eigenvalue weighted by Crippen LogP contribution is 2.42. The molecule has 0 saturated heterocycles. The normalized spacial score (nSPS) is 11.5. The molecule has 0 amide bonds. The van der Waals surface area contributed by atoms with Crippen LogP contribution in [-0.4, -0.2) is 0 Å². The smallest absolute Gasteiger partial charge is 0.143 e. The van der Waals surface area contributed by atoms with Gasteiger partial charge in [0.2, 0.25) is 0 Å². The van der Waals surface area contributed by atoms with Crippen molar-refractivity contribution in [3.63, 3.8) is 0 Å². The number of hydrogen-bond acceptors (Lipinski definition) is 2. The van der Waals surface area contributed by atoms with Crippen molar-refractivity contribution in [2.24, 2.45) is 0 Å². The lowest BCUT2D eigenvalue weighted by molar-refractivity contribution is 0.670. The zero-order valence-corrected chi connectivity index (χ0v) is 25.1. The monoisotopic (exact) mass is 587 g/mol. The molecule has 8 aromatic carbocycles. The Balaban J connectivity index is 1.20. The Morgan fingerprint density at radius 1 is 0.348 bits per heavy atom. The number of hydrogen-bond donors (Lipinski definition) is 0. The standard InChI is InChI=1S/C44H29NO/c1-2-10-30(11-3-1)31-20-25-34(26-21-31)45(42-18-9-16-38-36-13-5-4-12-32(36)24-29-39(38)42)35-27-22-33(23-28-35)37-15-8-17-41-40-14-6-7-19-43(40)46-44(37)41/h1-29H. The number of furan rings is 1. The number of anilines is 3. The Morgan fingerprint density at radius 2 is 0.957 bits per heavy atom. The van der Waals surface area contributed by atoms with Gasteiger partial charge in [0.05, 0.1) is 5.69 Å². The number of nitrogens with zero attached hydrogens (tertiary/aromatic N) is 1. The van der Waals surface area contributed by atoms with Crippen LogP contribution < -0.4 is 4.90 Å². The molecule has 2 heteroatoms. The van der Waals surface area contributed by atoms with Gasteiger partial charge in [0.15, 0.2) is 0 Å². The summed E-state index contributed by atoms with van der Waals surface area (Å²) in [4.78, 5) is 2.37. The summed E-state index contributed by atoms with van der Waals surface area (Å²) in [7, 11) is 0. The molecule has 1 aromatic heterocycles. The van der Waals surface area contributed by atoms with E-state index in [0.717, 1.165) is 50.1 Å². The largest absolute Gasteiger partial charge is 0.455 e. The Hall–Kier alpha value is -6.12. The molecule has 216 valence electrons. The molecule has 46 heavy (non-hydrogen) atoms. The van der Waals surface area contributed by atoms with E-state index in [9.17, 15) is 0 Å². The number of para-hydroxylation sites is 2. The molecule has 9 aromatic rings. The highest BCUT2D eigenvalue weighted by atomic mass is 16.3. The first-order valence-electron chi connectivity index (χ1n) is 15.7. The first-order valence-corrected chi connectivity index (χ1v) is 15.7. The second-order valence-electron chi connectivity index (χ2n) is 11.7. The van der Waals surface area contributed by atoms with E-state index in [2.05, 4.69) is 169 Å². The average Bonchev–Trinajstić information content (AvgIpc) is 3.52. The van der Waals surface area contributed by atoms with Gasteiger partial charge in [-0.05, 0) is 69.2 Å². The summed E-state index contributed by atoms with van der Waals surface area (Å²) in [5, 5.41) is 7.24. The van der Waals surface area contributed by atoms with E-state index in [1.165, 1.54) is 32.7 Å². The van der Waals surface area contributed by atoms with E-state index in [-0.39, 0.29) is 0 Å². The van der Waals surface area contributed by atoms with Gasteiger partial charge in [-0.1, -0.05) is 140 Å². The Morgan fingerprint density at radius 3 is 1.76 bits per heavy atom. The van der Waals surface area contributed by atoms with E-state index >= 15 is 0 Å². The van der Waals surface area contributed by atoms with E-state index < -0.39 is 0 Å². The van der Waals surface area contributed by atoms with Crippen molar-refractivity contribution in [3.8, 4) is 22.3 Å². The van der Waals surface area contributed by atoms with Crippen molar-refractivity contribution in [1.29, 1.82) is 0 Å². The molecule has 0 aliphatic heterocycles. The first-order chi connectivity index (χ1) is 22.8. The van der Waals surface area contributed by atoms with Crippen molar-refractivity contribution >= 4 is 60.5 Å². The summed E-state index contributed by atoms with van der Waals surface area (Å²) in [6.07, 6.45) is 0. The van der Waals surface area contributed by atoms with Crippen molar-refractivity contribution < 1.29 is 4.42 Å². The number of rotatable bonds is 5. The van der Waals surface area contributed by atoms with Gasteiger partial charge in [-0.2, -0.15) is 0 Å². The topological polar surface area (TPSA) is 16.4 Å². The lowest BCUT2D eigenvalue weighted by atomic mass is 9.99. The quantitative estimate of drug-likeness (QED) is 0.186. The van der Waals surface area contributed by atoms with Crippen molar-refractivity contribution in [2.75, 3.05) is 4.90 Å². The zero-order valence-electron chi connectivity index (χ0n) is 25.1. The Kier molecular flexibility index (Phi) is 6.17.